The van der Waals surface area contributed by atoms with Crippen molar-refractivity contribution in [2.75, 3.05) is 20.2 Å². The summed E-state index contributed by atoms with van der Waals surface area (Å²) in [7, 11) is 1.72. The zero-order valence-electron chi connectivity index (χ0n) is 16.0. The molecule has 1 aromatic carbocycles. The Morgan fingerprint density at radius 3 is 2.96 bits per heavy atom. The van der Waals surface area contributed by atoms with Crippen LogP contribution in [-0.4, -0.2) is 48.5 Å². The van der Waals surface area contributed by atoms with E-state index in [0.29, 0.717) is 23.8 Å². The Bertz CT molecular complexity index is 690. The highest BCUT2D eigenvalue weighted by molar-refractivity contribution is 5.55. The van der Waals surface area contributed by atoms with Gasteiger partial charge in [-0.2, -0.15) is 0 Å². The maximum Gasteiger partial charge on any atom is 0.165 e. The molecule has 2 fully saturated rings. The SMILES string of the molecule is CCCCN1CCC2c3c4ccc(OC)c3O[C@@H]3C(O)CC[C@@H](C23)[C@@H]1C4. The van der Waals surface area contributed by atoms with Crippen LogP contribution in [0.15, 0.2) is 12.1 Å². The smallest absolute Gasteiger partial charge is 0.165 e. The predicted molar refractivity (Wildman–Crippen MR) is 101 cm³/mol. The van der Waals surface area contributed by atoms with E-state index >= 15 is 0 Å². The molecule has 0 aromatic heterocycles. The van der Waals surface area contributed by atoms with E-state index in [2.05, 4.69) is 24.0 Å². The third kappa shape index (κ3) is 2.34. The van der Waals surface area contributed by atoms with Crippen LogP contribution in [0.25, 0.3) is 0 Å². The summed E-state index contributed by atoms with van der Waals surface area (Å²) in [4.78, 5) is 2.77. The van der Waals surface area contributed by atoms with Gasteiger partial charge in [-0.3, -0.25) is 4.90 Å². The highest BCUT2D eigenvalue weighted by Crippen LogP contribution is 2.58. The average Bonchev–Trinajstić information content (AvgIpc) is 2.87. The highest BCUT2D eigenvalue weighted by atomic mass is 16.5. The van der Waals surface area contributed by atoms with Crippen molar-refractivity contribution in [1.82, 2.24) is 4.90 Å². The number of nitrogens with zero attached hydrogens (tertiary/aromatic N) is 1. The molecule has 0 amide bonds. The molecule has 2 aliphatic carbocycles. The number of aliphatic hydroxyl groups is 1. The van der Waals surface area contributed by atoms with Gasteiger partial charge in [-0.25, -0.2) is 0 Å². The zero-order valence-corrected chi connectivity index (χ0v) is 16.0. The molecule has 4 heteroatoms. The fraction of sp³-hybridized carbons (Fsp3) is 0.727. The van der Waals surface area contributed by atoms with E-state index in [1.165, 1.54) is 43.5 Å². The van der Waals surface area contributed by atoms with Crippen molar-refractivity contribution in [1.29, 1.82) is 0 Å². The molecule has 26 heavy (non-hydrogen) atoms. The number of hydrogen-bond acceptors (Lipinski definition) is 4. The molecule has 4 nitrogen and oxygen atoms in total. The van der Waals surface area contributed by atoms with Crippen LogP contribution < -0.4 is 9.47 Å². The quantitative estimate of drug-likeness (QED) is 0.897. The third-order valence-electron chi connectivity index (χ3n) is 7.53. The van der Waals surface area contributed by atoms with Gasteiger partial charge in [0.25, 0.3) is 0 Å². The van der Waals surface area contributed by atoms with Crippen molar-refractivity contribution >= 4 is 0 Å². The highest BCUT2D eigenvalue weighted by Gasteiger charge is 2.55. The first-order valence-electron chi connectivity index (χ1n) is 10.5. The lowest BCUT2D eigenvalue weighted by Gasteiger charge is -2.48. The largest absolute Gasteiger partial charge is 0.493 e. The van der Waals surface area contributed by atoms with Crippen LogP contribution in [0.1, 0.15) is 56.1 Å². The molecule has 1 saturated heterocycles. The van der Waals surface area contributed by atoms with Crippen LogP contribution in [0.3, 0.4) is 0 Å². The van der Waals surface area contributed by atoms with Crippen LogP contribution in [0.2, 0.25) is 0 Å². The first kappa shape index (κ1) is 16.9. The molecule has 6 atom stereocenters. The summed E-state index contributed by atoms with van der Waals surface area (Å²) in [6.07, 6.45) is 6.43. The first-order valence-corrected chi connectivity index (χ1v) is 10.5. The Kier molecular flexibility index (Phi) is 4.17. The molecule has 5 rings (SSSR count). The summed E-state index contributed by atoms with van der Waals surface area (Å²) in [5.74, 6) is 3.36. The molecule has 1 saturated carbocycles. The zero-order chi connectivity index (χ0) is 17.8. The molecule has 2 heterocycles. The van der Waals surface area contributed by atoms with E-state index in [-0.39, 0.29) is 12.2 Å². The van der Waals surface area contributed by atoms with Crippen molar-refractivity contribution < 1.29 is 14.6 Å². The number of ether oxygens (including phenoxy) is 2. The molecule has 4 bridgehead atoms. The molecule has 0 spiro atoms. The Hall–Kier alpha value is -1.26. The Balaban J connectivity index is 1.65. The molecule has 4 aliphatic rings. The van der Waals surface area contributed by atoms with Gasteiger partial charge in [0.05, 0.1) is 13.2 Å². The minimum absolute atomic E-state index is 0.0675. The number of methoxy groups -OCH3 is 1. The summed E-state index contributed by atoms with van der Waals surface area (Å²) >= 11 is 0. The number of hydrogen-bond donors (Lipinski definition) is 1. The van der Waals surface area contributed by atoms with Gasteiger partial charge in [-0.05, 0) is 68.7 Å². The van der Waals surface area contributed by atoms with E-state index in [1.54, 1.807) is 7.11 Å². The van der Waals surface area contributed by atoms with Gasteiger partial charge in [0.15, 0.2) is 11.5 Å². The van der Waals surface area contributed by atoms with Crippen LogP contribution in [0, 0.1) is 11.8 Å². The minimum Gasteiger partial charge on any atom is -0.493 e. The lowest BCUT2D eigenvalue weighted by molar-refractivity contribution is -0.0789. The average molecular weight is 357 g/mol. The van der Waals surface area contributed by atoms with E-state index in [9.17, 15) is 5.11 Å². The number of likely N-dealkylation sites (tertiary alicyclic amines) is 1. The van der Waals surface area contributed by atoms with Crippen molar-refractivity contribution in [3.05, 3.63) is 23.3 Å². The lowest BCUT2D eigenvalue weighted by atomic mass is 9.65. The summed E-state index contributed by atoms with van der Waals surface area (Å²) in [6.45, 7) is 4.68. The van der Waals surface area contributed by atoms with Gasteiger partial charge in [-0.1, -0.05) is 19.4 Å². The van der Waals surface area contributed by atoms with E-state index in [4.69, 9.17) is 9.47 Å². The fourth-order valence-corrected chi connectivity index (χ4v) is 6.39. The van der Waals surface area contributed by atoms with Crippen molar-refractivity contribution in [2.24, 2.45) is 11.8 Å². The van der Waals surface area contributed by atoms with Crippen LogP contribution >= 0.6 is 0 Å². The van der Waals surface area contributed by atoms with Gasteiger partial charge >= 0.3 is 0 Å². The Morgan fingerprint density at radius 1 is 1.27 bits per heavy atom. The third-order valence-corrected chi connectivity index (χ3v) is 7.53. The number of rotatable bonds is 4. The van der Waals surface area contributed by atoms with Crippen molar-refractivity contribution in [3.63, 3.8) is 0 Å². The fourth-order valence-electron chi connectivity index (χ4n) is 6.39. The van der Waals surface area contributed by atoms with Crippen LogP contribution in [0.4, 0.5) is 0 Å². The normalized spacial score (nSPS) is 37.7. The van der Waals surface area contributed by atoms with E-state index in [0.717, 1.165) is 30.8 Å². The van der Waals surface area contributed by atoms with Gasteiger partial charge in [0, 0.05) is 17.5 Å². The van der Waals surface area contributed by atoms with Gasteiger partial charge in [0.2, 0.25) is 0 Å². The number of aliphatic hydroxyl groups excluding tert-OH is 1. The number of unbranched alkanes of at least 4 members (excludes halogenated alkanes) is 1. The second-order valence-corrected chi connectivity index (χ2v) is 8.69. The molecular weight excluding hydrogens is 326 g/mol. The standard InChI is InChI=1S/C22H31NO3/c1-3-4-10-23-11-9-15-19-13-5-8-18(25-2)22(19)26-21-17(24)7-6-14(20(15)21)16(23)12-13/h5,8,14-17,20-21,24H,3-4,6-7,9-12H2,1-2H3/t14-,15?,16+,17?,20?,21-/m1/s1. The van der Waals surface area contributed by atoms with Crippen molar-refractivity contribution in [2.45, 2.75) is 69.6 Å². The topological polar surface area (TPSA) is 41.9 Å². The summed E-state index contributed by atoms with van der Waals surface area (Å²) in [6, 6.07) is 4.94. The van der Waals surface area contributed by atoms with Gasteiger partial charge in [-0.15, -0.1) is 0 Å². The van der Waals surface area contributed by atoms with Crippen LogP contribution in [0.5, 0.6) is 11.5 Å². The maximum absolute atomic E-state index is 10.8. The van der Waals surface area contributed by atoms with Crippen molar-refractivity contribution in [3.8, 4) is 11.5 Å². The predicted octanol–water partition coefficient (Wildman–Crippen LogP) is 3.36. The minimum atomic E-state index is -0.346. The second kappa shape index (κ2) is 6.42. The molecule has 0 radical (unpaired) electrons. The Morgan fingerprint density at radius 2 is 2.15 bits per heavy atom. The summed E-state index contributed by atoms with van der Waals surface area (Å²) in [5.41, 5.74) is 2.86. The van der Waals surface area contributed by atoms with Gasteiger partial charge < -0.3 is 14.6 Å². The monoisotopic (exact) mass is 357 g/mol. The van der Waals surface area contributed by atoms with E-state index in [1.807, 2.05) is 0 Å². The summed E-state index contributed by atoms with van der Waals surface area (Å²) < 4.78 is 12.1. The number of benzene rings is 1. The summed E-state index contributed by atoms with van der Waals surface area (Å²) in [5, 5.41) is 10.8. The molecule has 1 aromatic rings. The first-order chi connectivity index (χ1) is 12.7. The van der Waals surface area contributed by atoms with Crippen LogP contribution in [-0.2, 0) is 6.42 Å². The van der Waals surface area contributed by atoms with E-state index < -0.39 is 0 Å². The molecule has 1 N–H and O–H groups in total. The molecular formula is C22H31NO3. The Labute approximate surface area is 156 Å². The molecule has 2 aliphatic heterocycles. The second-order valence-electron chi connectivity index (χ2n) is 8.69. The lowest BCUT2D eigenvalue weighted by Crippen LogP contribution is -2.53. The molecule has 3 unspecified atom stereocenters. The van der Waals surface area contributed by atoms with Gasteiger partial charge in [0.1, 0.15) is 6.10 Å². The maximum atomic E-state index is 10.8. The molecule has 142 valence electrons.